The molecule has 0 aliphatic rings. The minimum atomic E-state index is -0.108. The lowest BCUT2D eigenvalue weighted by atomic mass is 10.2. The van der Waals surface area contributed by atoms with Crippen LogP contribution in [0.25, 0.3) is 0 Å². The van der Waals surface area contributed by atoms with E-state index in [2.05, 4.69) is 9.97 Å². The molecule has 0 unspecified atom stereocenters. The zero-order chi connectivity index (χ0) is 10.6. The average molecular weight is 194 g/mol. The lowest BCUT2D eigenvalue weighted by Gasteiger charge is -2.19. The zero-order valence-corrected chi connectivity index (χ0v) is 9.37. The second-order valence-corrected chi connectivity index (χ2v) is 4.26. The van der Waals surface area contributed by atoms with E-state index in [-0.39, 0.29) is 5.60 Å². The van der Waals surface area contributed by atoms with Crippen LogP contribution in [-0.4, -0.2) is 15.6 Å². The van der Waals surface area contributed by atoms with E-state index in [9.17, 15) is 0 Å². The average Bonchev–Trinajstić information content (AvgIpc) is 2.14. The molecule has 0 aromatic carbocycles. The summed E-state index contributed by atoms with van der Waals surface area (Å²) in [7, 11) is 0. The normalized spacial score (nSPS) is 11.7. The highest BCUT2D eigenvalue weighted by Gasteiger charge is 2.10. The number of hydrogen-bond donors (Lipinski definition) is 0. The van der Waals surface area contributed by atoms with Crippen LogP contribution in [0.15, 0.2) is 12.4 Å². The van der Waals surface area contributed by atoms with Crippen molar-refractivity contribution in [1.82, 2.24) is 9.97 Å². The van der Waals surface area contributed by atoms with Crippen LogP contribution in [0.2, 0.25) is 0 Å². The van der Waals surface area contributed by atoms with Gasteiger partial charge >= 0.3 is 0 Å². The van der Waals surface area contributed by atoms with Crippen LogP contribution in [0.3, 0.4) is 0 Å². The summed E-state index contributed by atoms with van der Waals surface area (Å²) in [6.07, 6.45) is 4.54. The Hall–Kier alpha value is -0.960. The van der Waals surface area contributed by atoms with Crippen molar-refractivity contribution in [3.05, 3.63) is 23.8 Å². The van der Waals surface area contributed by atoms with E-state index >= 15 is 0 Å². The highest BCUT2D eigenvalue weighted by atomic mass is 16.5. The molecule has 0 aliphatic heterocycles. The Bertz CT molecular complexity index is 274. The first-order valence-electron chi connectivity index (χ1n) is 4.95. The quantitative estimate of drug-likeness (QED) is 0.741. The Balaban J connectivity index is 2.52. The maximum atomic E-state index is 5.61. The first-order chi connectivity index (χ1) is 6.51. The lowest BCUT2D eigenvalue weighted by Crippen LogP contribution is -2.18. The van der Waals surface area contributed by atoms with Crippen LogP contribution in [0, 0.1) is 0 Å². The van der Waals surface area contributed by atoms with Crippen molar-refractivity contribution in [2.45, 2.75) is 46.3 Å². The summed E-state index contributed by atoms with van der Waals surface area (Å²) in [6.45, 7) is 8.73. The fourth-order valence-electron chi connectivity index (χ4n) is 0.938. The van der Waals surface area contributed by atoms with Gasteiger partial charge in [0.05, 0.1) is 12.2 Å². The van der Waals surface area contributed by atoms with E-state index in [0.717, 1.165) is 17.8 Å². The van der Waals surface area contributed by atoms with E-state index in [1.807, 2.05) is 40.1 Å². The Kier molecular flexibility index (Phi) is 3.58. The third-order valence-electron chi connectivity index (χ3n) is 1.75. The van der Waals surface area contributed by atoms with Crippen LogP contribution < -0.4 is 0 Å². The Morgan fingerprint density at radius 3 is 2.21 bits per heavy atom. The summed E-state index contributed by atoms with van der Waals surface area (Å²) in [5.41, 5.74) is 0.917. The number of rotatable bonds is 3. The first kappa shape index (κ1) is 11.1. The van der Waals surface area contributed by atoms with Crippen LogP contribution >= 0.6 is 0 Å². The van der Waals surface area contributed by atoms with Crippen molar-refractivity contribution in [2.75, 3.05) is 0 Å². The molecule has 0 aliphatic carbocycles. The van der Waals surface area contributed by atoms with Gasteiger partial charge in [-0.15, -0.1) is 0 Å². The van der Waals surface area contributed by atoms with Gasteiger partial charge < -0.3 is 4.74 Å². The highest BCUT2D eigenvalue weighted by molar-refractivity contribution is 5.03. The van der Waals surface area contributed by atoms with Crippen molar-refractivity contribution < 1.29 is 4.74 Å². The number of ether oxygens (including phenoxy) is 1. The number of aromatic nitrogens is 2. The van der Waals surface area contributed by atoms with E-state index in [1.54, 1.807) is 0 Å². The fourth-order valence-corrected chi connectivity index (χ4v) is 0.938. The van der Waals surface area contributed by atoms with Gasteiger partial charge in [0.25, 0.3) is 0 Å². The number of hydrogen-bond acceptors (Lipinski definition) is 3. The summed E-state index contributed by atoms with van der Waals surface area (Å²) < 4.78 is 5.61. The van der Waals surface area contributed by atoms with E-state index in [4.69, 9.17) is 4.74 Å². The molecule has 0 saturated carbocycles. The molecular formula is C11H18N2O. The first-order valence-corrected chi connectivity index (χ1v) is 4.95. The molecule has 0 radical (unpaired) electrons. The topological polar surface area (TPSA) is 35.0 Å². The predicted molar refractivity (Wildman–Crippen MR) is 56.0 cm³/mol. The SMILES string of the molecule is CCc1ncc(COC(C)(C)C)cn1. The molecule has 78 valence electrons. The van der Waals surface area contributed by atoms with Crippen LogP contribution in [0.1, 0.15) is 39.1 Å². The molecule has 0 amide bonds. The van der Waals surface area contributed by atoms with E-state index in [0.29, 0.717) is 6.61 Å². The van der Waals surface area contributed by atoms with Gasteiger partial charge in [0, 0.05) is 24.4 Å². The van der Waals surface area contributed by atoms with Crippen molar-refractivity contribution >= 4 is 0 Å². The third-order valence-corrected chi connectivity index (χ3v) is 1.75. The molecule has 0 bridgehead atoms. The zero-order valence-electron chi connectivity index (χ0n) is 9.37. The highest BCUT2D eigenvalue weighted by Crippen LogP contribution is 2.10. The maximum Gasteiger partial charge on any atom is 0.127 e. The molecule has 3 nitrogen and oxygen atoms in total. The van der Waals surface area contributed by atoms with E-state index < -0.39 is 0 Å². The molecule has 0 atom stereocenters. The molecule has 1 rings (SSSR count). The molecule has 14 heavy (non-hydrogen) atoms. The molecule has 3 heteroatoms. The molecule has 0 saturated heterocycles. The summed E-state index contributed by atoms with van der Waals surface area (Å²) in [4.78, 5) is 8.41. The minimum absolute atomic E-state index is 0.108. The summed E-state index contributed by atoms with van der Waals surface area (Å²) in [6, 6.07) is 0. The minimum Gasteiger partial charge on any atom is -0.371 e. The monoisotopic (exact) mass is 194 g/mol. The molecule has 0 spiro atoms. The molecule has 1 aromatic heterocycles. The van der Waals surface area contributed by atoms with Gasteiger partial charge in [-0.25, -0.2) is 9.97 Å². The van der Waals surface area contributed by atoms with Crippen LogP contribution in [0.4, 0.5) is 0 Å². The summed E-state index contributed by atoms with van der Waals surface area (Å²) in [5.74, 6) is 0.879. The smallest absolute Gasteiger partial charge is 0.127 e. The number of nitrogens with zero attached hydrogens (tertiary/aromatic N) is 2. The van der Waals surface area contributed by atoms with Gasteiger partial charge in [0.2, 0.25) is 0 Å². The van der Waals surface area contributed by atoms with Crippen molar-refractivity contribution in [3.8, 4) is 0 Å². The Morgan fingerprint density at radius 2 is 1.79 bits per heavy atom. The predicted octanol–water partition coefficient (Wildman–Crippen LogP) is 2.35. The fraction of sp³-hybridized carbons (Fsp3) is 0.636. The molecule has 1 heterocycles. The van der Waals surface area contributed by atoms with Gasteiger partial charge in [-0.2, -0.15) is 0 Å². The third kappa shape index (κ3) is 3.83. The van der Waals surface area contributed by atoms with Crippen LogP contribution in [0.5, 0.6) is 0 Å². The second kappa shape index (κ2) is 4.51. The summed E-state index contributed by atoms with van der Waals surface area (Å²) >= 11 is 0. The van der Waals surface area contributed by atoms with Gasteiger partial charge in [-0.1, -0.05) is 6.92 Å². The molecule has 0 N–H and O–H groups in total. The van der Waals surface area contributed by atoms with Gasteiger partial charge in [0.15, 0.2) is 0 Å². The molecular weight excluding hydrogens is 176 g/mol. The van der Waals surface area contributed by atoms with Crippen LogP contribution in [-0.2, 0) is 17.8 Å². The second-order valence-electron chi connectivity index (χ2n) is 4.26. The van der Waals surface area contributed by atoms with E-state index in [1.165, 1.54) is 0 Å². The van der Waals surface area contributed by atoms with Crippen molar-refractivity contribution in [1.29, 1.82) is 0 Å². The lowest BCUT2D eigenvalue weighted by molar-refractivity contribution is -0.0152. The van der Waals surface area contributed by atoms with Crippen molar-refractivity contribution in [2.24, 2.45) is 0 Å². The Labute approximate surface area is 85.5 Å². The standard InChI is InChI=1S/C11H18N2O/c1-5-10-12-6-9(7-13-10)8-14-11(2,3)4/h6-7H,5,8H2,1-4H3. The maximum absolute atomic E-state index is 5.61. The Morgan fingerprint density at radius 1 is 1.21 bits per heavy atom. The largest absolute Gasteiger partial charge is 0.371 e. The van der Waals surface area contributed by atoms with Gasteiger partial charge in [-0.05, 0) is 20.8 Å². The summed E-state index contributed by atoms with van der Waals surface area (Å²) in [5, 5.41) is 0. The number of aryl methyl sites for hydroxylation is 1. The molecule has 0 fully saturated rings. The van der Waals surface area contributed by atoms with Crippen molar-refractivity contribution in [3.63, 3.8) is 0 Å². The molecule has 1 aromatic rings. The van der Waals surface area contributed by atoms with Gasteiger partial charge in [-0.3, -0.25) is 0 Å². The van der Waals surface area contributed by atoms with Gasteiger partial charge in [0.1, 0.15) is 5.82 Å².